The molecule has 0 saturated carbocycles. The summed E-state index contributed by atoms with van der Waals surface area (Å²) in [5.41, 5.74) is 6.87. The maximum atomic E-state index is 8.68. The monoisotopic (exact) mass is 267 g/mol. The minimum atomic E-state index is -0.0126. The molecule has 0 amide bonds. The quantitative estimate of drug-likeness (QED) is 0.675. The van der Waals surface area contributed by atoms with Crippen LogP contribution in [0.2, 0.25) is 0 Å². The molecule has 0 aliphatic carbocycles. The number of aliphatic hydroxyl groups excluding tert-OH is 1. The number of ether oxygens (including phenoxy) is 2. The standard InChI is InChI=1S/C15H25NO3/c1-12(16)13-7-8-14(15(11-13)18-2)19-10-6-4-3-5-9-17/h7-8,11-12,17H,3-6,9-10,16H2,1-2H3/t12-/m1/s1. The Kier molecular flexibility index (Phi) is 7.30. The lowest BCUT2D eigenvalue weighted by atomic mass is 10.1. The van der Waals surface area contributed by atoms with Crippen LogP contribution in [0.25, 0.3) is 0 Å². The molecule has 1 rings (SSSR count). The van der Waals surface area contributed by atoms with Gasteiger partial charge in [-0.2, -0.15) is 0 Å². The van der Waals surface area contributed by atoms with Crippen molar-refractivity contribution in [3.8, 4) is 11.5 Å². The number of benzene rings is 1. The first kappa shape index (κ1) is 15.8. The zero-order valence-corrected chi connectivity index (χ0v) is 11.9. The SMILES string of the molecule is COc1cc([C@@H](C)N)ccc1OCCCCCCO. The van der Waals surface area contributed by atoms with Crippen LogP contribution in [0.4, 0.5) is 0 Å². The third-order valence-corrected chi connectivity index (χ3v) is 3.02. The smallest absolute Gasteiger partial charge is 0.161 e. The third-order valence-electron chi connectivity index (χ3n) is 3.02. The number of aliphatic hydroxyl groups is 1. The van der Waals surface area contributed by atoms with E-state index in [0.29, 0.717) is 6.61 Å². The molecule has 1 atom stereocenters. The van der Waals surface area contributed by atoms with Crippen LogP contribution < -0.4 is 15.2 Å². The predicted molar refractivity (Wildman–Crippen MR) is 76.6 cm³/mol. The maximum Gasteiger partial charge on any atom is 0.161 e. The van der Waals surface area contributed by atoms with Gasteiger partial charge >= 0.3 is 0 Å². The summed E-state index contributed by atoms with van der Waals surface area (Å²) < 4.78 is 11.0. The van der Waals surface area contributed by atoms with E-state index in [1.165, 1.54) is 0 Å². The lowest BCUT2D eigenvalue weighted by Crippen LogP contribution is -2.06. The molecule has 0 heterocycles. The van der Waals surface area contributed by atoms with Gasteiger partial charge in [-0.1, -0.05) is 12.5 Å². The number of nitrogens with two attached hydrogens (primary N) is 1. The fourth-order valence-electron chi connectivity index (χ4n) is 1.84. The Labute approximate surface area is 115 Å². The highest BCUT2D eigenvalue weighted by Crippen LogP contribution is 2.29. The number of hydrogen-bond donors (Lipinski definition) is 2. The first-order valence-corrected chi connectivity index (χ1v) is 6.86. The van der Waals surface area contributed by atoms with E-state index in [4.69, 9.17) is 20.3 Å². The van der Waals surface area contributed by atoms with Crippen molar-refractivity contribution in [2.24, 2.45) is 5.73 Å². The lowest BCUT2D eigenvalue weighted by molar-refractivity contribution is 0.268. The van der Waals surface area contributed by atoms with Crippen LogP contribution in [0.15, 0.2) is 18.2 Å². The topological polar surface area (TPSA) is 64.7 Å². The highest BCUT2D eigenvalue weighted by molar-refractivity contribution is 5.43. The van der Waals surface area contributed by atoms with Crippen molar-refractivity contribution in [2.45, 2.75) is 38.6 Å². The van der Waals surface area contributed by atoms with Crippen LogP contribution in [0.5, 0.6) is 11.5 Å². The summed E-state index contributed by atoms with van der Waals surface area (Å²) in [6.45, 7) is 2.88. The molecule has 0 radical (unpaired) electrons. The fourth-order valence-corrected chi connectivity index (χ4v) is 1.84. The zero-order valence-electron chi connectivity index (χ0n) is 11.9. The molecule has 0 unspecified atom stereocenters. The molecule has 0 spiro atoms. The minimum absolute atomic E-state index is 0.0126. The Balaban J connectivity index is 2.44. The van der Waals surface area contributed by atoms with E-state index < -0.39 is 0 Å². The Morgan fingerprint density at radius 2 is 1.89 bits per heavy atom. The Hall–Kier alpha value is -1.26. The van der Waals surface area contributed by atoms with Crippen molar-refractivity contribution in [3.63, 3.8) is 0 Å². The summed E-state index contributed by atoms with van der Waals surface area (Å²) in [7, 11) is 1.63. The number of methoxy groups -OCH3 is 1. The molecule has 0 bridgehead atoms. The van der Waals surface area contributed by atoms with Crippen LogP contribution in [0.1, 0.15) is 44.2 Å². The minimum Gasteiger partial charge on any atom is -0.493 e. The van der Waals surface area contributed by atoms with Crippen LogP contribution in [0, 0.1) is 0 Å². The van der Waals surface area contributed by atoms with Crippen molar-refractivity contribution < 1.29 is 14.6 Å². The number of hydrogen-bond acceptors (Lipinski definition) is 4. The van der Waals surface area contributed by atoms with Crippen molar-refractivity contribution in [1.29, 1.82) is 0 Å². The second kappa shape index (κ2) is 8.77. The fraction of sp³-hybridized carbons (Fsp3) is 0.600. The molecule has 0 fully saturated rings. The average molecular weight is 267 g/mol. The summed E-state index contributed by atoms with van der Waals surface area (Å²) in [6, 6.07) is 5.78. The van der Waals surface area contributed by atoms with Crippen molar-refractivity contribution in [2.75, 3.05) is 20.3 Å². The van der Waals surface area contributed by atoms with Crippen molar-refractivity contribution in [1.82, 2.24) is 0 Å². The van der Waals surface area contributed by atoms with E-state index in [1.54, 1.807) is 7.11 Å². The highest BCUT2D eigenvalue weighted by Gasteiger charge is 2.07. The molecule has 4 heteroatoms. The summed E-state index contributed by atoms with van der Waals surface area (Å²) >= 11 is 0. The Morgan fingerprint density at radius 3 is 2.53 bits per heavy atom. The zero-order chi connectivity index (χ0) is 14.1. The average Bonchev–Trinajstić information content (AvgIpc) is 2.42. The summed E-state index contributed by atoms with van der Waals surface area (Å²) in [5.74, 6) is 1.49. The molecule has 108 valence electrons. The molecular weight excluding hydrogens is 242 g/mol. The van der Waals surface area contributed by atoms with Gasteiger partial charge in [-0.05, 0) is 43.9 Å². The van der Waals surface area contributed by atoms with E-state index in [1.807, 2.05) is 25.1 Å². The largest absolute Gasteiger partial charge is 0.493 e. The van der Waals surface area contributed by atoms with Gasteiger partial charge in [0.1, 0.15) is 0 Å². The third kappa shape index (κ3) is 5.49. The van der Waals surface area contributed by atoms with Gasteiger partial charge < -0.3 is 20.3 Å². The van der Waals surface area contributed by atoms with E-state index in [2.05, 4.69) is 0 Å². The molecule has 19 heavy (non-hydrogen) atoms. The summed E-state index contributed by atoms with van der Waals surface area (Å²) in [5, 5.41) is 8.68. The summed E-state index contributed by atoms with van der Waals surface area (Å²) in [6.07, 6.45) is 3.96. The van der Waals surface area contributed by atoms with Gasteiger partial charge in [0, 0.05) is 12.6 Å². The maximum absolute atomic E-state index is 8.68. The van der Waals surface area contributed by atoms with Gasteiger partial charge in [0.25, 0.3) is 0 Å². The van der Waals surface area contributed by atoms with E-state index in [9.17, 15) is 0 Å². The van der Waals surface area contributed by atoms with Gasteiger partial charge in [0.15, 0.2) is 11.5 Å². The van der Waals surface area contributed by atoms with Gasteiger partial charge in [0.05, 0.1) is 13.7 Å². The van der Waals surface area contributed by atoms with E-state index in [-0.39, 0.29) is 12.6 Å². The second-order valence-corrected chi connectivity index (χ2v) is 4.69. The van der Waals surface area contributed by atoms with Crippen LogP contribution >= 0.6 is 0 Å². The molecule has 1 aromatic carbocycles. The normalized spacial score (nSPS) is 12.2. The van der Waals surface area contributed by atoms with Gasteiger partial charge in [0.2, 0.25) is 0 Å². The molecule has 0 aromatic heterocycles. The van der Waals surface area contributed by atoms with Gasteiger partial charge in [-0.15, -0.1) is 0 Å². The molecular formula is C15H25NO3. The van der Waals surface area contributed by atoms with Crippen LogP contribution in [-0.4, -0.2) is 25.4 Å². The Bertz CT molecular complexity index is 366. The van der Waals surface area contributed by atoms with Crippen LogP contribution in [0.3, 0.4) is 0 Å². The van der Waals surface area contributed by atoms with Gasteiger partial charge in [-0.25, -0.2) is 0 Å². The van der Waals surface area contributed by atoms with Crippen molar-refractivity contribution >= 4 is 0 Å². The molecule has 0 aliphatic heterocycles. The highest BCUT2D eigenvalue weighted by atomic mass is 16.5. The number of unbranched alkanes of at least 4 members (excludes halogenated alkanes) is 3. The Morgan fingerprint density at radius 1 is 1.16 bits per heavy atom. The first-order valence-electron chi connectivity index (χ1n) is 6.86. The predicted octanol–water partition coefficient (Wildman–Crippen LogP) is 2.65. The lowest BCUT2D eigenvalue weighted by Gasteiger charge is -2.13. The second-order valence-electron chi connectivity index (χ2n) is 4.69. The van der Waals surface area contributed by atoms with E-state index in [0.717, 1.165) is 42.7 Å². The number of rotatable bonds is 9. The molecule has 4 nitrogen and oxygen atoms in total. The van der Waals surface area contributed by atoms with Crippen molar-refractivity contribution in [3.05, 3.63) is 23.8 Å². The molecule has 0 aliphatic rings. The first-order chi connectivity index (χ1) is 9.19. The molecule has 1 aromatic rings. The van der Waals surface area contributed by atoms with Gasteiger partial charge in [-0.3, -0.25) is 0 Å². The summed E-state index contributed by atoms with van der Waals surface area (Å²) in [4.78, 5) is 0. The van der Waals surface area contributed by atoms with E-state index >= 15 is 0 Å². The van der Waals surface area contributed by atoms with Crippen LogP contribution in [-0.2, 0) is 0 Å². The molecule has 0 saturated heterocycles. The molecule has 3 N–H and O–H groups in total.